The first kappa shape index (κ1) is 37.6. The van der Waals surface area contributed by atoms with E-state index in [0.29, 0.717) is 47.8 Å². The summed E-state index contributed by atoms with van der Waals surface area (Å²) < 4.78 is 15.8. The second kappa shape index (κ2) is 15.5. The molecule has 0 saturated carbocycles. The number of rotatable bonds is 3. The number of nitriles is 6. The molecule has 3 aliphatic rings. The largest absolute Gasteiger partial charge is 0.497 e. The van der Waals surface area contributed by atoms with E-state index in [1.807, 2.05) is 91.9 Å². The minimum atomic E-state index is 0.0406. The predicted octanol–water partition coefficient (Wildman–Crippen LogP) is 5.71. The van der Waals surface area contributed by atoms with Crippen molar-refractivity contribution in [3.05, 3.63) is 122 Å². The van der Waals surface area contributed by atoms with Gasteiger partial charge in [0.2, 0.25) is 0 Å². The third-order valence-corrected chi connectivity index (χ3v) is 9.70. The first-order valence-corrected chi connectivity index (χ1v) is 17.4. The van der Waals surface area contributed by atoms with E-state index in [-0.39, 0.29) is 34.2 Å². The van der Waals surface area contributed by atoms with Crippen molar-refractivity contribution in [3.63, 3.8) is 0 Å². The normalized spacial score (nSPS) is 11.1. The summed E-state index contributed by atoms with van der Waals surface area (Å²) in [5.74, 6) is 1.95. The molecule has 276 valence electrons. The van der Waals surface area contributed by atoms with Crippen LogP contribution in [0.4, 0.5) is 0 Å². The molecule has 58 heavy (non-hydrogen) atoms. The first-order valence-electron chi connectivity index (χ1n) is 17.4. The summed E-state index contributed by atoms with van der Waals surface area (Å²) in [6.07, 6.45) is 1.87. The van der Waals surface area contributed by atoms with Crippen LogP contribution in [0, 0.1) is 74.9 Å². The van der Waals surface area contributed by atoms with Gasteiger partial charge in [0.15, 0.2) is 45.7 Å². The minimum Gasteiger partial charge on any atom is -0.497 e. The topological polar surface area (TPSA) is 248 Å². The Morgan fingerprint density at radius 3 is 1.41 bits per heavy atom. The molecule has 0 unspecified atom stereocenters. The lowest BCUT2D eigenvalue weighted by Crippen LogP contribution is -1.99. The van der Waals surface area contributed by atoms with Crippen LogP contribution in [0.25, 0.3) is 33.8 Å². The van der Waals surface area contributed by atoms with Crippen LogP contribution in [0.15, 0.2) is 48.5 Å². The number of fused-ring (bicyclic) bond motifs is 9. The molecule has 0 fully saturated rings. The van der Waals surface area contributed by atoms with Gasteiger partial charge in [0.05, 0.1) is 55.5 Å². The van der Waals surface area contributed by atoms with Crippen LogP contribution in [0.1, 0.15) is 73.5 Å². The van der Waals surface area contributed by atoms with Gasteiger partial charge < -0.3 is 14.2 Å². The van der Waals surface area contributed by atoms with Gasteiger partial charge in [-0.15, -0.1) is 0 Å². The summed E-state index contributed by atoms with van der Waals surface area (Å²) in [6, 6.07) is 26.9. The lowest BCUT2D eigenvalue weighted by molar-refractivity contribution is 0.355. The highest BCUT2D eigenvalue weighted by Gasteiger charge is 2.28. The van der Waals surface area contributed by atoms with Crippen molar-refractivity contribution < 1.29 is 14.2 Å². The fourth-order valence-electron chi connectivity index (χ4n) is 6.93. The molecular weight excluding hydrogens is 733 g/mol. The smallest absolute Gasteiger partial charge is 0.177 e. The summed E-state index contributed by atoms with van der Waals surface area (Å²) in [5.41, 5.74) is 12.0. The summed E-state index contributed by atoms with van der Waals surface area (Å²) in [7, 11) is 4.73. The van der Waals surface area contributed by atoms with E-state index in [1.54, 1.807) is 21.3 Å². The number of hydrogen-bond donors (Lipinski definition) is 0. The maximum absolute atomic E-state index is 9.06. The monoisotopic (exact) mass is 758 g/mol. The van der Waals surface area contributed by atoms with Crippen LogP contribution in [0.2, 0.25) is 0 Å². The van der Waals surface area contributed by atoms with E-state index in [2.05, 4.69) is 29.9 Å². The second-order valence-electron chi connectivity index (χ2n) is 12.8. The Hall–Kier alpha value is -8.76. The number of nitrogens with zero attached hydrogens (tertiary/aromatic N) is 12. The minimum absolute atomic E-state index is 0.0406. The molecule has 15 heteroatoms. The van der Waals surface area contributed by atoms with Crippen LogP contribution in [-0.4, -0.2) is 51.2 Å². The second-order valence-corrected chi connectivity index (χ2v) is 12.8. The van der Waals surface area contributed by atoms with E-state index < -0.39 is 0 Å². The van der Waals surface area contributed by atoms with Gasteiger partial charge in [-0.2, -0.15) is 31.6 Å². The zero-order valence-electron chi connectivity index (χ0n) is 31.3. The molecule has 0 amide bonds. The van der Waals surface area contributed by atoms with Gasteiger partial charge in [0, 0.05) is 36.0 Å². The molecular formula is C43H26N12O3. The molecule has 0 aliphatic heterocycles. The molecule has 0 radical (unpaired) electrons. The fourth-order valence-corrected chi connectivity index (χ4v) is 6.93. The van der Waals surface area contributed by atoms with E-state index in [9.17, 15) is 0 Å². The Kier molecular flexibility index (Phi) is 10.1. The van der Waals surface area contributed by atoms with Crippen LogP contribution in [-0.2, 0) is 19.3 Å². The summed E-state index contributed by atoms with van der Waals surface area (Å²) >= 11 is 0. The average molecular weight is 759 g/mol. The van der Waals surface area contributed by atoms with Crippen LogP contribution in [0.5, 0.6) is 17.2 Å². The zero-order valence-corrected chi connectivity index (χ0v) is 31.3. The van der Waals surface area contributed by atoms with E-state index >= 15 is 0 Å². The third-order valence-electron chi connectivity index (χ3n) is 9.70. The van der Waals surface area contributed by atoms with Crippen LogP contribution >= 0.6 is 0 Å². The molecule has 6 aromatic rings. The summed E-state index contributed by atoms with van der Waals surface area (Å²) in [5, 5.41) is 54.0. The van der Waals surface area contributed by atoms with Gasteiger partial charge in [0.25, 0.3) is 0 Å². The SMILES string of the molecule is COc1cc2c(cc1OC)-c1nc(C#N)c(C#N)nc1C2.COc1ccc2c(c1)-c1nc(C#N)c(C#N)nc1C2.Cc1cccc2c1Cc1nc(C#N)c(C#N)nc1-2. The van der Waals surface area contributed by atoms with Crippen LogP contribution in [0.3, 0.4) is 0 Å². The molecule has 15 nitrogen and oxygen atoms in total. The quantitative estimate of drug-likeness (QED) is 0.209. The van der Waals surface area contributed by atoms with Crippen molar-refractivity contribution >= 4 is 0 Å². The van der Waals surface area contributed by atoms with Crippen molar-refractivity contribution in [2.75, 3.05) is 21.3 Å². The van der Waals surface area contributed by atoms with Crippen molar-refractivity contribution in [1.82, 2.24) is 29.9 Å². The van der Waals surface area contributed by atoms with Crippen molar-refractivity contribution in [1.29, 1.82) is 31.6 Å². The molecule has 0 N–H and O–H groups in total. The number of aryl methyl sites for hydroxylation is 1. The lowest BCUT2D eigenvalue weighted by Gasteiger charge is -2.09. The van der Waals surface area contributed by atoms with Gasteiger partial charge in [-0.25, -0.2) is 29.9 Å². The number of hydrogen-bond acceptors (Lipinski definition) is 15. The summed E-state index contributed by atoms with van der Waals surface area (Å²) in [6.45, 7) is 2.04. The number of aromatic nitrogens is 6. The third kappa shape index (κ3) is 6.54. The van der Waals surface area contributed by atoms with Crippen molar-refractivity contribution in [3.8, 4) is 87.4 Å². The standard InChI is InChI=1S/C15H10N4O2.C14H8N4O.C14H8N4/c1-20-13-4-8-3-10-15(9(8)5-14(13)21-2)19-12(7-17)11(6-16)18-10;1-19-9-3-2-8-4-11-14(10(8)5-9)18-13(7-16)12(6-15)17-11;1-8-3-2-4-9-10(8)5-11-14(9)18-13(7-16)12(6-15)17-11/h4-5H,3H2,1-2H3;2-3,5H,4H2,1H3;2-4H,5H2,1H3. The first-order chi connectivity index (χ1) is 28.2. The van der Waals surface area contributed by atoms with E-state index in [1.165, 1.54) is 11.1 Å². The fraction of sp³-hybridized carbons (Fsp3) is 0.163. The number of benzene rings is 3. The molecule has 0 bridgehead atoms. The van der Waals surface area contributed by atoms with E-state index in [4.69, 9.17) is 45.8 Å². The molecule has 3 aliphatic carbocycles. The Labute approximate surface area is 331 Å². The Balaban J connectivity index is 0.000000133. The average Bonchev–Trinajstić information content (AvgIpc) is 3.94. The lowest BCUT2D eigenvalue weighted by atomic mass is 10.0. The maximum Gasteiger partial charge on any atom is 0.177 e. The Morgan fingerprint density at radius 1 is 0.466 bits per heavy atom. The zero-order chi connectivity index (χ0) is 41.1. The van der Waals surface area contributed by atoms with Gasteiger partial charge in [-0.1, -0.05) is 24.3 Å². The number of ether oxygens (including phenoxy) is 3. The Bertz CT molecular complexity index is 2990. The molecule has 0 saturated heterocycles. The highest BCUT2D eigenvalue weighted by atomic mass is 16.5. The highest BCUT2D eigenvalue weighted by molar-refractivity contribution is 5.77. The molecule has 3 aromatic heterocycles. The number of methoxy groups -OCH3 is 3. The predicted molar refractivity (Wildman–Crippen MR) is 204 cm³/mol. The van der Waals surface area contributed by atoms with Crippen LogP contribution < -0.4 is 14.2 Å². The molecule has 9 rings (SSSR count). The molecule has 3 aromatic carbocycles. The molecule has 0 atom stereocenters. The van der Waals surface area contributed by atoms with Gasteiger partial charge in [0.1, 0.15) is 42.2 Å². The maximum atomic E-state index is 9.06. The van der Waals surface area contributed by atoms with E-state index in [0.717, 1.165) is 50.6 Å². The summed E-state index contributed by atoms with van der Waals surface area (Å²) in [4.78, 5) is 25.5. The van der Waals surface area contributed by atoms with Gasteiger partial charge in [-0.3, -0.25) is 0 Å². The Morgan fingerprint density at radius 2 is 0.914 bits per heavy atom. The van der Waals surface area contributed by atoms with Gasteiger partial charge in [-0.05, 0) is 53.4 Å². The van der Waals surface area contributed by atoms with Gasteiger partial charge >= 0.3 is 0 Å². The molecule has 0 spiro atoms. The van der Waals surface area contributed by atoms with Crippen molar-refractivity contribution in [2.45, 2.75) is 26.2 Å². The highest BCUT2D eigenvalue weighted by Crippen LogP contribution is 2.42. The molecule has 3 heterocycles. The van der Waals surface area contributed by atoms with Crippen molar-refractivity contribution in [2.24, 2.45) is 0 Å².